The number of carboxylic acid groups (broad SMARTS) is 1. The molecule has 2 rings (SSSR count). The fraction of sp³-hybridized carbons (Fsp3) is 0.286. The van der Waals surface area contributed by atoms with E-state index in [0.29, 0.717) is 16.7 Å². The third-order valence-electron chi connectivity index (χ3n) is 3.27. The molecular weight excluding hydrogens is 311 g/mol. The predicted octanol–water partition coefficient (Wildman–Crippen LogP) is 2.28. The summed E-state index contributed by atoms with van der Waals surface area (Å²) in [4.78, 5) is 10.9. The van der Waals surface area contributed by atoms with E-state index in [1.807, 2.05) is 0 Å². The van der Waals surface area contributed by atoms with Crippen molar-refractivity contribution in [2.24, 2.45) is 0 Å². The molecule has 0 radical (unpaired) electrons. The Morgan fingerprint density at radius 3 is 2.55 bits per heavy atom. The molecule has 0 fully saturated rings. The molecule has 1 heterocycles. The standard InChI is InChI=1S/C14H15FN2O4S/c1-8(2)22(20,21)17-7-10(6-16-17)11-5-13(15)12(14(18)19)4-9(11)3/h4-8H,1-3H3,(H,18,19). The molecule has 0 aliphatic rings. The van der Waals surface area contributed by atoms with Crippen molar-refractivity contribution < 1.29 is 22.7 Å². The highest BCUT2D eigenvalue weighted by Crippen LogP contribution is 2.26. The summed E-state index contributed by atoms with van der Waals surface area (Å²) in [6.07, 6.45) is 2.60. The largest absolute Gasteiger partial charge is 0.478 e. The van der Waals surface area contributed by atoms with E-state index in [9.17, 15) is 17.6 Å². The normalized spacial score (nSPS) is 11.9. The van der Waals surface area contributed by atoms with Crippen molar-refractivity contribution >= 4 is 16.0 Å². The van der Waals surface area contributed by atoms with Gasteiger partial charge in [0, 0.05) is 5.56 Å². The first-order chi connectivity index (χ1) is 10.1. The SMILES string of the molecule is Cc1cc(C(=O)O)c(F)cc1-c1cnn(S(=O)(=O)C(C)C)c1. The smallest absolute Gasteiger partial charge is 0.338 e. The third kappa shape index (κ3) is 2.74. The lowest BCUT2D eigenvalue weighted by Gasteiger charge is -2.07. The minimum Gasteiger partial charge on any atom is -0.478 e. The summed E-state index contributed by atoms with van der Waals surface area (Å²) in [5.41, 5.74) is 0.883. The summed E-state index contributed by atoms with van der Waals surface area (Å²) < 4.78 is 38.7. The quantitative estimate of drug-likeness (QED) is 0.931. The van der Waals surface area contributed by atoms with Crippen LogP contribution in [0.1, 0.15) is 29.8 Å². The van der Waals surface area contributed by atoms with Gasteiger partial charge in [0.2, 0.25) is 0 Å². The first-order valence-corrected chi connectivity index (χ1v) is 7.97. The molecule has 1 aromatic heterocycles. The maximum absolute atomic E-state index is 13.8. The zero-order valence-corrected chi connectivity index (χ0v) is 13.1. The molecule has 0 unspecified atom stereocenters. The summed E-state index contributed by atoms with van der Waals surface area (Å²) >= 11 is 0. The van der Waals surface area contributed by atoms with Crippen molar-refractivity contribution in [1.82, 2.24) is 9.19 Å². The van der Waals surface area contributed by atoms with Crippen molar-refractivity contribution in [1.29, 1.82) is 0 Å². The highest BCUT2D eigenvalue weighted by Gasteiger charge is 2.21. The highest BCUT2D eigenvalue weighted by atomic mass is 32.2. The van der Waals surface area contributed by atoms with E-state index >= 15 is 0 Å². The van der Waals surface area contributed by atoms with E-state index in [1.165, 1.54) is 32.3 Å². The third-order valence-corrected chi connectivity index (χ3v) is 5.18. The Balaban J connectivity index is 2.53. The molecule has 0 atom stereocenters. The fourth-order valence-electron chi connectivity index (χ4n) is 1.96. The van der Waals surface area contributed by atoms with Gasteiger partial charge in [0.25, 0.3) is 10.0 Å². The second-order valence-corrected chi connectivity index (χ2v) is 7.49. The number of aromatic carboxylic acids is 1. The van der Waals surface area contributed by atoms with Crippen LogP contribution in [0.2, 0.25) is 0 Å². The van der Waals surface area contributed by atoms with Gasteiger partial charge in [-0.2, -0.15) is 9.19 Å². The van der Waals surface area contributed by atoms with Crippen LogP contribution in [0.4, 0.5) is 4.39 Å². The number of nitrogens with zero attached hydrogens (tertiary/aromatic N) is 2. The van der Waals surface area contributed by atoms with Crippen LogP contribution < -0.4 is 0 Å². The van der Waals surface area contributed by atoms with E-state index in [2.05, 4.69) is 5.10 Å². The molecule has 1 aromatic carbocycles. The number of hydrogen-bond donors (Lipinski definition) is 1. The summed E-state index contributed by atoms with van der Waals surface area (Å²) in [5.74, 6) is -2.24. The molecule has 0 amide bonds. The summed E-state index contributed by atoms with van der Waals surface area (Å²) in [5, 5.41) is 12.0. The number of carbonyl (C=O) groups is 1. The van der Waals surface area contributed by atoms with Crippen molar-refractivity contribution in [3.05, 3.63) is 41.5 Å². The molecule has 0 saturated heterocycles. The van der Waals surface area contributed by atoms with Gasteiger partial charge in [0.15, 0.2) is 0 Å². The minimum atomic E-state index is -3.59. The van der Waals surface area contributed by atoms with Crippen LogP contribution >= 0.6 is 0 Å². The first kappa shape index (κ1) is 16.2. The van der Waals surface area contributed by atoms with Gasteiger partial charge in [-0.1, -0.05) is 0 Å². The van der Waals surface area contributed by atoms with Gasteiger partial charge in [0.1, 0.15) is 5.82 Å². The molecule has 0 aliphatic heterocycles. The Labute approximate surface area is 127 Å². The number of aryl methyl sites for hydroxylation is 1. The van der Waals surface area contributed by atoms with Crippen LogP contribution in [0, 0.1) is 12.7 Å². The number of hydrogen-bond acceptors (Lipinski definition) is 4. The zero-order valence-electron chi connectivity index (χ0n) is 12.2. The van der Waals surface area contributed by atoms with Crippen molar-refractivity contribution in [2.75, 3.05) is 0 Å². The van der Waals surface area contributed by atoms with E-state index in [1.54, 1.807) is 6.92 Å². The van der Waals surface area contributed by atoms with Crippen molar-refractivity contribution in [3.8, 4) is 11.1 Å². The molecule has 0 bridgehead atoms. The second-order valence-electron chi connectivity index (χ2n) is 5.15. The monoisotopic (exact) mass is 326 g/mol. The minimum absolute atomic E-state index is 0.396. The maximum Gasteiger partial charge on any atom is 0.338 e. The summed E-state index contributed by atoms with van der Waals surface area (Å²) in [7, 11) is -3.59. The van der Waals surface area contributed by atoms with Crippen LogP contribution in [0.5, 0.6) is 0 Å². The first-order valence-electron chi connectivity index (χ1n) is 6.47. The van der Waals surface area contributed by atoms with Gasteiger partial charge in [-0.3, -0.25) is 0 Å². The van der Waals surface area contributed by atoms with Gasteiger partial charge in [-0.05, 0) is 44.0 Å². The van der Waals surface area contributed by atoms with Crippen LogP contribution in [0.25, 0.3) is 11.1 Å². The summed E-state index contributed by atoms with van der Waals surface area (Å²) in [6, 6.07) is 2.28. The average molecular weight is 326 g/mol. The topological polar surface area (TPSA) is 89.3 Å². The number of rotatable bonds is 4. The second kappa shape index (κ2) is 5.53. The number of aromatic nitrogens is 2. The van der Waals surface area contributed by atoms with Crippen molar-refractivity contribution in [3.63, 3.8) is 0 Å². The lowest BCUT2D eigenvalue weighted by Crippen LogP contribution is -2.22. The van der Waals surface area contributed by atoms with Gasteiger partial charge in [-0.15, -0.1) is 0 Å². The average Bonchev–Trinajstić information content (AvgIpc) is 2.90. The molecule has 118 valence electrons. The van der Waals surface area contributed by atoms with E-state index in [-0.39, 0.29) is 0 Å². The Morgan fingerprint density at radius 2 is 2.00 bits per heavy atom. The van der Waals surface area contributed by atoms with Crippen LogP contribution in [0.3, 0.4) is 0 Å². The van der Waals surface area contributed by atoms with E-state index < -0.39 is 32.6 Å². The number of carboxylic acids is 1. The Bertz CT molecular complexity index is 841. The van der Waals surface area contributed by atoms with E-state index in [0.717, 1.165) is 10.2 Å². The molecule has 1 N–H and O–H groups in total. The molecule has 22 heavy (non-hydrogen) atoms. The molecule has 0 aliphatic carbocycles. The molecule has 2 aromatic rings. The van der Waals surface area contributed by atoms with Crippen LogP contribution in [0.15, 0.2) is 24.5 Å². The fourth-order valence-corrected chi connectivity index (χ4v) is 2.83. The number of halogens is 1. The lowest BCUT2D eigenvalue weighted by atomic mass is 10.0. The van der Waals surface area contributed by atoms with Crippen molar-refractivity contribution in [2.45, 2.75) is 26.0 Å². The predicted molar refractivity (Wildman–Crippen MR) is 78.8 cm³/mol. The molecule has 6 nitrogen and oxygen atoms in total. The highest BCUT2D eigenvalue weighted by molar-refractivity contribution is 7.90. The maximum atomic E-state index is 13.8. The molecule has 0 saturated carbocycles. The molecule has 0 spiro atoms. The molecule has 8 heteroatoms. The Kier molecular flexibility index (Phi) is 4.06. The van der Waals surface area contributed by atoms with Crippen LogP contribution in [-0.2, 0) is 10.0 Å². The summed E-state index contributed by atoms with van der Waals surface area (Å²) in [6.45, 7) is 4.68. The Morgan fingerprint density at radius 1 is 1.36 bits per heavy atom. The van der Waals surface area contributed by atoms with Gasteiger partial charge >= 0.3 is 5.97 Å². The van der Waals surface area contributed by atoms with Crippen LogP contribution in [-0.4, -0.2) is 33.9 Å². The molecular formula is C14H15FN2O4S. The Hall–Kier alpha value is -2.22. The van der Waals surface area contributed by atoms with Gasteiger partial charge in [0.05, 0.1) is 23.2 Å². The van der Waals surface area contributed by atoms with E-state index in [4.69, 9.17) is 5.11 Å². The van der Waals surface area contributed by atoms with Gasteiger partial charge in [-0.25, -0.2) is 17.6 Å². The van der Waals surface area contributed by atoms with Gasteiger partial charge < -0.3 is 5.11 Å². The zero-order chi connectivity index (χ0) is 16.7. The lowest BCUT2D eigenvalue weighted by molar-refractivity contribution is 0.0692. The number of benzene rings is 1.